The minimum atomic E-state index is 0. The van der Waals surface area contributed by atoms with Gasteiger partial charge in [0.1, 0.15) is 0 Å². The van der Waals surface area contributed by atoms with Crippen LogP contribution < -0.4 is 10.6 Å². The number of aliphatic imine (C=N–C) groups is 1. The molecule has 0 radical (unpaired) electrons. The molecule has 102 valence electrons. The van der Waals surface area contributed by atoms with Crippen molar-refractivity contribution in [1.82, 2.24) is 15.6 Å². The lowest BCUT2D eigenvalue weighted by Gasteiger charge is -2.09. The quantitative estimate of drug-likeness (QED) is 0.357. The van der Waals surface area contributed by atoms with Gasteiger partial charge in [-0.05, 0) is 13.8 Å². The molecule has 1 aromatic heterocycles. The molecule has 6 heteroatoms. The summed E-state index contributed by atoms with van der Waals surface area (Å²) in [5.41, 5.74) is 1.14. The van der Waals surface area contributed by atoms with E-state index in [1.807, 2.05) is 6.92 Å². The molecule has 0 saturated carbocycles. The largest absolute Gasteiger partial charge is 0.356 e. The normalized spacial score (nSPS) is 10.7. The van der Waals surface area contributed by atoms with Crippen LogP contribution in [-0.4, -0.2) is 31.1 Å². The third-order valence-electron chi connectivity index (χ3n) is 2.34. The second-order valence-corrected chi connectivity index (χ2v) is 4.96. The Labute approximate surface area is 130 Å². The van der Waals surface area contributed by atoms with Gasteiger partial charge in [-0.2, -0.15) is 0 Å². The summed E-state index contributed by atoms with van der Waals surface area (Å²) in [5, 5.41) is 7.54. The molecule has 0 amide bonds. The van der Waals surface area contributed by atoms with Crippen LogP contribution in [-0.2, 0) is 6.42 Å². The van der Waals surface area contributed by atoms with E-state index in [0.29, 0.717) is 0 Å². The topological polar surface area (TPSA) is 49.3 Å². The number of hydrogen-bond acceptors (Lipinski definition) is 3. The summed E-state index contributed by atoms with van der Waals surface area (Å²) in [7, 11) is 1.76. The van der Waals surface area contributed by atoms with E-state index in [1.54, 1.807) is 24.5 Å². The maximum absolute atomic E-state index is 4.50. The monoisotopic (exact) mass is 380 g/mol. The van der Waals surface area contributed by atoms with Crippen molar-refractivity contribution in [3.8, 4) is 0 Å². The van der Waals surface area contributed by atoms with Crippen molar-refractivity contribution in [2.24, 2.45) is 4.99 Å². The molecular formula is C12H21IN4S. The molecule has 18 heavy (non-hydrogen) atoms. The molecule has 0 bridgehead atoms. The first-order valence-corrected chi connectivity index (χ1v) is 6.47. The summed E-state index contributed by atoms with van der Waals surface area (Å²) in [6.45, 7) is 9.36. The SMILES string of the molecule is C=CCNC(=NC)NCCc1nc(C)c(C)s1.I. The highest BCUT2D eigenvalue weighted by atomic mass is 127. The van der Waals surface area contributed by atoms with Gasteiger partial charge in [0.2, 0.25) is 0 Å². The van der Waals surface area contributed by atoms with Crippen molar-refractivity contribution in [2.45, 2.75) is 20.3 Å². The van der Waals surface area contributed by atoms with Crippen molar-refractivity contribution in [1.29, 1.82) is 0 Å². The van der Waals surface area contributed by atoms with Crippen LogP contribution >= 0.6 is 35.3 Å². The predicted octanol–water partition coefficient (Wildman–Crippen LogP) is 2.27. The number of hydrogen-bond donors (Lipinski definition) is 2. The van der Waals surface area contributed by atoms with Crippen LogP contribution in [0.5, 0.6) is 0 Å². The molecule has 1 aromatic rings. The van der Waals surface area contributed by atoms with E-state index < -0.39 is 0 Å². The van der Waals surface area contributed by atoms with Gasteiger partial charge in [0.05, 0.1) is 10.7 Å². The van der Waals surface area contributed by atoms with E-state index in [4.69, 9.17) is 0 Å². The Morgan fingerprint density at radius 1 is 1.44 bits per heavy atom. The Morgan fingerprint density at radius 3 is 2.67 bits per heavy atom. The number of nitrogens with one attached hydrogen (secondary N) is 2. The number of rotatable bonds is 5. The van der Waals surface area contributed by atoms with Crippen molar-refractivity contribution >= 4 is 41.3 Å². The van der Waals surface area contributed by atoms with Crippen LogP contribution in [0.2, 0.25) is 0 Å². The first-order chi connectivity index (χ1) is 8.17. The highest BCUT2D eigenvalue weighted by molar-refractivity contribution is 14.0. The summed E-state index contributed by atoms with van der Waals surface area (Å²) >= 11 is 1.76. The van der Waals surface area contributed by atoms with Crippen LogP contribution in [0.4, 0.5) is 0 Å². The Balaban J connectivity index is 0.00000289. The van der Waals surface area contributed by atoms with Crippen LogP contribution in [0, 0.1) is 13.8 Å². The summed E-state index contributed by atoms with van der Waals surface area (Å²) in [6, 6.07) is 0. The fraction of sp³-hybridized carbons (Fsp3) is 0.500. The van der Waals surface area contributed by atoms with Gasteiger partial charge in [0, 0.05) is 31.4 Å². The fourth-order valence-electron chi connectivity index (χ4n) is 1.32. The second kappa shape index (κ2) is 9.32. The average Bonchev–Trinajstić information content (AvgIpc) is 2.63. The molecular weight excluding hydrogens is 359 g/mol. The minimum absolute atomic E-state index is 0. The van der Waals surface area contributed by atoms with Gasteiger partial charge in [0.15, 0.2) is 5.96 Å². The van der Waals surface area contributed by atoms with Gasteiger partial charge in [-0.25, -0.2) is 4.98 Å². The molecule has 0 aromatic carbocycles. The van der Waals surface area contributed by atoms with E-state index >= 15 is 0 Å². The molecule has 2 N–H and O–H groups in total. The van der Waals surface area contributed by atoms with E-state index in [0.717, 1.165) is 31.2 Å². The van der Waals surface area contributed by atoms with E-state index in [2.05, 4.69) is 34.1 Å². The van der Waals surface area contributed by atoms with Gasteiger partial charge < -0.3 is 10.6 Å². The smallest absolute Gasteiger partial charge is 0.191 e. The maximum Gasteiger partial charge on any atom is 0.191 e. The number of halogens is 1. The van der Waals surface area contributed by atoms with Crippen LogP contribution in [0.15, 0.2) is 17.6 Å². The first-order valence-electron chi connectivity index (χ1n) is 5.65. The first kappa shape index (κ1) is 17.4. The molecule has 0 aliphatic heterocycles. The van der Waals surface area contributed by atoms with Gasteiger partial charge in [-0.3, -0.25) is 4.99 Å². The number of guanidine groups is 1. The van der Waals surface area contributed by atoms with Crippen LogP contribution in [0.25, 0.3) is 0 Å². The lowest BCUT2D eigenvalue weighted by atomic mass is 10.4. The predicted molar refractivity (Wildman–Crippen MR) is 90.3 cm³/mol. The number of aryl methyl sites for hydroxylation is 2. The summed E-state index contributed by atoms with van der Waals surface area (Å²) < 4.78 is 0. The Hall–Kier alpha value is -0.630. The van der Waals surface area contributed by atoms with Gasteiger partial charge in [-0.1, -0.05) is 6.08 Å². The maximum atomic E-state index is 4.50. The number of aromatic nitrogens is 1. The van der Waals surface area contributed by atoms with Crippen molar-refractivity contribution in [2.75, 3.05) is 20.1 Å². The van der Waals surface area contributed by atoms with Crippen LogP contribution in [0.3, 0.4) is 0 Å². The summed E-state index contributed by atoms with van der Waals surface area (Å²) in [6.07, 6.45) is 2.73. The zero-order valence-corrected chi connectivity index (χ0v) is 14.3. The van der Waals surface area contributed by atoms with Crippen LogP contribution in [0.1, 0.15) is 15.6 Å². The average molecular weight is 380 g/mol. The second-order valence-electron chi connectivity index (χ2n) is 3.67. The van der Waals surface area contributed by atoms with Gasteiger partial charge in [-0.15, -0.1) is 41.9 Å². The van der Waals surface area contributed by atoms with Crippen molar-refractivity contribution in [3.05, 3.63) is 28.2 Å². The molecule has 0 aliphatic rings. The molecule has 0 aliphatic carbocycles. The van der Waals surface area contributed by atoms with Gasteiger partial charge in [0.25, 0.3) is 0 Å². The highest BCUT2D eigenvalue weighted by Crippen LogP contribution is 2.16. The van der Waals surface area contributed by atoms with E-state index in [1.165, 1.54) is 9.88 Å². The standard InChI is InChI=1S/C12H20N4S.HI/c1-5-7-14-12(13-4)15-8-6-11-16-9(2)10(3)17-11;/h5H,1,6-8H2,2-4H3,(H2,13,14,15);1H. The lowest BCUT2D eigenvalue weighted by Crippen LogP contribution is -2.38. The number of thiazole rings is 1. The third kappa shape index (κ3) is 5.81. The lowest BCUT2D eigenvalue weighted by molar-refractivity contribution is 0.815. The Morgan fingerprint density at radius 2 is 2.17 bits per heavy atom. The van der Waals surface area contributed by atoms with Crippen molar-refractivity contribution in [3.63, 3.8) is 0 Å². The third-order valence-corrected chi connectivity index (χ3v) is 3.47. The van der Waals surface area contributed by atoms with E-state index in [-0.39, 0.29) is 24.0 Å². The molecule has 0 fully saturated rings. The molecule has 0 unspecified atom stereocenters. The molecule has 0 spiro atoms. The minimum Gasteiger partial charge on any atom is -0.356 e. The van der Waals surface area contributed by atoms with E-state index in [9.17, 15) is 0 Å². The molecule has 1 rings (SSSR count). The Kier molecular flexibility index (Phi) is 8.99. The zero-order valence-electron chi connectivity index (χ0n) is 11.1. The fourth-order valence-corrected chi connectivity index (χ4v) is 2.26. The number of nitrogens with zero attached hydrogens (tertiary/aromatic N) is 2. The summed E-state index contributed by atoms with van der Waals surface area (Å²) in [5.74, 6) is 0.801. The molecule has 1 heterocycles. The zero-order chi connectivity index (χ0) is 12.7. The van der Waals surface area contributed by atoms with Crippen molar-refractivity contribution < 1.29 is 0 Å². The Bertz CT molecular complexity index is 381. The summed E-state index contributed by atoms with van der Waals surface area (Å²) in [4.78, 5) is 9.91. The van der Waals surface area contributed by atoms with Gasteiger partial charge >= 0.3 is 0 Å². The highest BCUT2D eigenvalue weighted by Gasteiger charge is 2.03. The molecule has 0 saturated heterocycles. The molecule has 4 nitrogen and oxygen atoms in total. The molecule has 0 atom stereocenters.